The van der Waals surface area contributed by atoms with Crippen LogP contribution in [0.1, 0.15) is 27.6 Å². The maximum Gasteiger partial charge on any atom is 0.341 e. The van der Waals surface area contributed by atoms with E-state index in [9.17, 15) is 24.8 Å². The van der Waals surface area contributed by atoms with E-state index in [4.69, 9.17) is 4.42 Å². The maximum atomic E-state index is 11.7. The summed E-state index contributed by atoms with van der Waals surface area (Å²) in [6.07, 6.45) is -0.457. The standard InChI is InChI=1S/C14H11NO7/c1-21-13(17)9-6-11(14(18)22-7-9)12(16)8-2-4-10(5-3-8)15(19)20/h2-7,12,16H,1H3. The molecule has 0 bridgehead atoms. The van der Waals surface area contributed by atoms with Gasteiger partial charge in [-0.15, -0.1) is 0 Å². The highest BCUT2D eigenvalue weighted by atomic mass is 16.6. The van der Waals surface area contributed by atoms with Gasteiger partial charge in [-0.2, -0.15) is 0 Å². The molecular formula is C14H11NO7. The van der Waals surface area contributed by atoms with Crippen molar-refractivity contribution < 1.29 is 24.0 Å². The number of hydrogen-bond acceptors (Lipinski definition) is 7. The minimum absolute atomic E-state index is 0.0296. The molecule has 8 heteroatoms. The van der Waals surface area contributed by atoms with Crippen molar-refractivity contribution in [3.8, 4) is 0 Å². The SMILES string of the molecule is COC(=O)c1coc(=O)c(C(O)c2ccc([N+](=O)[O-])cc2)c1. The number of rotatable bonds is 4. The molecule has 0 fully saturated rings. The Labute approximate surface area is 123 Å². The number of aliphatic hydroxyl groups is 1. The van der Waals surface area contributed by atoms with Crippen LogP contribution in [0.15, 0.2) is 45.8 Å². The largest absolute Gasteiger partial charge is 0.465 e. The summed E-state index contributed by atoms with van der Waals surface area (Å²) in [4.78, 5) is 33.1. The normalized spacial score (nSPS) is 11.7. The van der Waals surface area contributed by atoms with E-state index < -0.39 is 22.6 Å². The monoisotopic (exact) mass is 305 g/mol. The second kappa shape index (κ2) is 6.19. The number of methoxy groups -OCH3 is 1. The molecule has 1 aromatic heterocycles. The number of aliphatic hydroxyl groups excluding tert-OH is 1. The second-order valence-electron chi connectivity index (χ2n) is 4.32. The Hall–Kier alpha value is -3.00. The topological polar surface area (TPSA) is 120 Å². The number of hydrogen-bond donors (Lipinski definition) is 1. The number of ether oxygens (including phenoxy) is 1. The summed E-state index contributed by atoms with van der Waals surface area (Å²) in [5.74, 6) is -0.721. The average molecular weight is 305 g/mol. The molecule has 114 valence electrons. The zero-order valence-electron chi connectivity index (χ0n) is 11.4. The first kappa shape index (κ1) is 15.4. The van der Waals surface area contributed by atoms with Crippen molar-refractivity contribution in [2.24, 2.45) is 0 Å². The molecule has 0 aliphatic heterocycles. The van der Waals surface area contributed by atoms with Crippen LogP contribution in [-0.2, 0) is 4.74 Å². The van der Waals surface area contributed by atoms with Crippen LogP contribution in [0.3, 0.4) is 0 Å². The molecule has 1 unspecified atom stereocenters. The summed E-state index contributed by atoms with van der Waals surface area (Å²) in [6, 6.07) is 6.18. The predicted molar refractivity (Wildman–Crippen MR) is 73.5 cm³/mol. The third-order valence-corrected chi connectivity index (χ3v) is 2.97. The van der Waals surface area contributed by atoms with Crippen LogP contribution >= 0.6 is 0 Å². The van der Waals surface area contributed by atoms with E-state index in [0.29, 0.717) is 0 Å². The van der Waals surface area contributed by atoms with Crippen molar-refractivity contribution in [2.75, 3.05) is 7.11 Å². The molecule has 0 saturated carbocycles. The van der Waals surface area contributed by atoms with Gasteiger partial charge < -0.3 is 14.3 Å². The number of benzene rings is 1. The molecule has 0 radical (unpaired) electrons. The fourth-order valence-electron chi connectivity index (χ4n) is 1.82. The van der Waals surface area contributed by atoms with E-state index in [2.05, 4.69) is 4.74 Å². The lowest BCUT2D eigenvalue weighted by Crippen LogP contribution is -2.15. The third kappa shape index (κ3) is 3.01. The van der Waals surface area contributed by atoms with Gasteiger partial charge in [-0.05, 0) is 23.8 Å². The van der Waals surface area contributed by atoms with Crippen LogP contribution in [0.4, 0.5) is 5.69 Å². The average Bonchev–Trinajstić information content (AvgIpc) is 2.54. The molecule has 2 aromatic rings. The first-order valence-corrected chi connectivity index (χ1v) is 6.07. The van der Waals surface area contributed by atoms with Gasteiger partial charge in [0, 0.05) is 12.1 Å². The quantitative estimate of drug-likeness (QED) is 0.515. The summed E-state index contributed by atoms with van der Waals surface area (Å²) in [5, 5.41) is 20.8. The summed E-state index contributed by atoms with van der Waals surface area (Å²) in [6.45, 7) is 0. The van der Waals surface area contributed by atoms with E-state index in [1.165, 1.54) is 31.4 Å². The maximum absolute atomic E-state index is 11.7. The summed E-state index contributed by atoms with van der Waals surface area (Å²) >= 11 is 0. The molecule has 1 N–H and O–H groups in total. The molecule has 0 amide bonds. The van der Waals surface area contributed by atoms with Crippen LogP contribution in [0.5, 0.6) is 0 Å². The molecular weight excluding hydrogens is 294 g/mol. The van der Waals surface area contributed by atoms with E-state index in [0.717, 1.165) is 12.3 Å². The third-order valence-electron chi connectivity index (χ3n) is 2.97. The van der Waals surface area contributed by atoms with Gasteiger partial charge in [0.1, 0.15) is 12.4 Å². The van der Waals surface area contributed by atoms with Crippen molar-refractivity contribution in [2.45, 2.75) is 6.10 Å². The first-order valence-electron chi connectivity index (χ1n) is 6.07. The van der Waals surface area contributed by atoms with Crippen molar-refractivity contribution >= 4 is 11.7 Å². The van der Waals surface area contributed by atoms with Crippen LogP contribution in [0.25, 0.3) is 0 Å². The number of non-ortho nitro benzene ring substituents is 1. The highest BCUT2D eigenvalue weighted by molar-refractivity contribution is 5.88. The molecule has 1 heterocycles. The first-order chi connectivity index (χ1) is 10.4. The predicted octanol–water partition coefficient (Wildman–Crippen LogP) is 1.42. The minimum Gasteiger partial charge on any atom is -0.465 e. The Morgan fingerprint density at radius 3 is 2.55 bits per heavy atom. The zero-order valence-corrected chi connectivity index (χ0v) is 11.4. The van der Waals surface area contributed by atoms with Crippen molar-refractivity contribution in [1.29, 1.82) is 0 Å². The molecule has 1 aromatic carbocycles. The van der Waals surface area contributed by atoms with Crippen LogP contribution in [-0.4, -0.2) is 23.1 Å². The lowest BCUT2D eigenvalue weighted by molar-refractivity contribution is -0.384. The Kier molecular flexibility index (Phi) is 4.33. The molecule has 1 atom stereocenters. The smallest absolute Gasteiger partial charge is 0.341 e. The Morgan fingerprint density at radius 1 is 1.36 bits per heavy atom. The van der Waals surface area contributed by atoms with E-state index in [-0.39, 0.29) is 22.4 Å². The number of esters is 1. The van der Waals surface area contributed by atoms with Crippen LogP contribution in [0.2, 0.25) is 0 Å². The van der Waals surface area contributed by atoms with Gasteiger partial charge in [0.25, 0.3) is 5.69 Å². The fourth-order valence-corrected chi connectivity index (χ4v) is 1.82. The second-order valence-corrected chi connectivity index (χ2v) is 4.32. The zero-order chi connectivity index (χ0) is 16.3. The number of nitro benzene ring substituents is 1. The molecule has 0 aliphatic rings. The van der Waals surface area contributed by atoms with E-state index in [1.807, 2.05) is 0 Å². The Balaban J connectivity index is 2.40. The molecule has 22 heavy (non-hydrogen) atoms. The summed E-state index contributed by atoms with van der Waals surface area (Å²) in [7, 11) is 1.17. The number of carbonyl (C=O) groups is 1. The lowest BCUT2D eigenvalue weighted by atomic mass is 10.0. The lowest BCUT2D eigenvalue weighted by Gasteiger charge is -2.10. The van der Waals surface area contributed by atoms with Gasteiger partial charge in [0.15, 0.2) is 0 Å². The van der Waals surface area contributed by atoms with Crippen molar-refractivity contribution in [1.82, 2.24) is 0 Å². The fraction of sp³-hybridized carbons (Fsp3) is 0.143. The van der Waals surface area contributed by atoms with Gasteiger partial charge in [-0.25, -0.2) is 9.59 Å². The summed E-state index contributed by atoms with van der Waals surface area (Å²) in [5.41, 5.74) is -0.917. The molecule has 0 spiro atoms. The van der Waals surface area contributed by atoms with Gasteiger partial charge in [0.2, 0.25) is 0 Å². The molecule has 2 rings (SSSR count). The van der Waals surface area contributed by atoms with Crippen LogP contribution in [0, 0.1) is 10.1 Å². The van der Waals surface area contributed by atoms with Gasteiger partial charge in [0.05, 0.1) is 23.2 Å². The highest BCUT2D eigenvalue weighted by Gasteiger charge is 2.19. The van der Waals surface area contributed by atoms with Gasteiger partial charge in [-0.1, -0.05) is 0 Å². The number of nitrogens with zero attached hydrogens (tertiary/aromatic N) is 1. The number of carbonyl (C=O) groups excluding carboxylic acids is 1. The van der Waals surface area contributed by atoms with E-state index >= 15 is 0 Å². The van der Waals surface area contributed by atoms with Crippen LogP contribution < -0.4 is 5.63 Å². The Morgan fingerprint density at radius 2 is 2.00 bits per heavy atom. The van der Waals surface area contributed by atoms with Gasteiger partial charge in [-0.3, -0.25) is 10.1 Å². The molecule has 0 saturated heterocycles. The van der Waals surface area contributed by atoms with Crippen molar-refractivity contribution in [3.05, 3.63) is 73.8 Å². The van der Waals surface area contributed by atoms with Crippen molar-refractivity contribution in [3.63, 3.8) is 0 Å². The molecule has 8 nitrogen and oxygen atoms in total. The van der Waals surface area contributed by atoms with Gasteiger partial charge >= 0.3 is 11.6 Å². The minimum atomic E-state index is -1.39. The van der Waals surface area contributed by atoms with E-state index in [1.54, 1.807) is 0 Å². The summed E-state index contributed by atoms with van der Waals surface area (Å²) < 4.78 is 9.19. The Bertz CT molecular complexity index is 764. The number of nitro groups is 1. The highest BCUT2D eigenvalue weighted by Crippen LogP contribution is 2.22. The molecule has 0 aliphatic carbocycles.